The predicted molar refractivity (Wildman–Crippen MR) is 59.0 cm³/mol. The molecule has 0 saturated heterocycles. The monoisotopic (exact) mass is 206 g/mol. The van der Waals surface area contributed by atoms with Gasteiger partial charge in [0.15, 0.2) is 5.60 Å². The fraction of sp³-hybridized carbons (Fsp3) is 0.385. The fourth-order valence-corrected chi connectivity index (χ4v) is 1.51. The average molecular weight is 206 g/mol. The Kier molecular flexibility index (Phi) is 3.88. The van der Waals surface area contributed by atoms with Crippen LogP contribution in [0.3, 0.4) is 0 Å². The van der Waals surface area contributed by atoms with E-state index in [1.54, 1.807) is 30.3 Å². The van der Waals surface area contributed by atoms with Crippen molar-refractivity contribution < 1.29 is 9.50 Å². The van der Waals surface area contributed by atoms with Crippen LogP contribution in [-0.4, -0.2) is 11.3 Å². The molecule has 2 heteroatoms. The SMILES string of the molecule is C#CC(O)(c1ccccc1)C(F)CCC. The van der Waals surface area contributed by atoms with Gasteiger partial charge in [-0.15, -0.1) is 6.42 Å². The minimum atomic E-state index is -1.79. The molecule has 15 heavy (non-hydrogen) atoms. The number of terminal acetylenes is 1. The maximum absolute atomic E-state index is 13.7. The lowest BCUT2D eigenvalue weighted by Crippen LogP contribution is -2.35. The molecule has 0 fully saturated rings. The summed E-state index contributed by atoms with van der Waals surface area (Å²) in [5.74, 6) is 2.16. The maximum atomic E-state index is 13.7. The van der Waals surface area contributed by atoms with Crippen molar-refractivity contribution in [1.82, 2.24) is 0 Å². The summed E-state index contributed by atoms with van der Waals surface area (Å²) in [5.41, 5.74) is -1.36. The topological polar surface area (TPSA) is 20.2 Å². The average Bonchev–Trinajstić information content (AvgIpc) is 2.29. The van der Waals surface area contributed by atoms with Crippen molar-refractivity contribution in [3.8, 4) is 12.3 Å². The van der Waals surface area contributed by atoms with Gasteiger partial charge in [-0.1, -0.05) is 49.6 Å². The molecule has 0 spiro atoms. The minimum absolute atomic E-state index is 0.260. The number of alkyl halides is 1. The predicted octanol–water partition coefficient (Wildman–Crippen LogP) is 2.65. The highest BCUT2D eigenvalue weighted by Crippen LogP contribution is 2.29. The lowest BCUT2D eigenvalue weighted by Gasteiger charge is -2.26. The van der Waals surface area contributed by atoms with Crippen LogP contribution >= 0.6 is 0 Å². The van der Waals surface area contributed by atoms with Crippen LogP contribution in [0.2, 0.25) is 0 Å². The van der Waals surface area contributed by atoms with E-state index in [-0.39, 0.29) is 6.42 Å². The van der Waals surface area contributed by atoms with Crippen LogP contribution in [0, 0.1) is 12.3 Å². The van der Waals surface area contributed by atoms with Crippen LogP contribution in [0.25, 0.3) is 0 Å². The van der Waals surface area contributed by atoms with Crippen LogP contribution < -0.4 is 0 Å². The molecule has 0 aliphatic carbocycles. The van der Waals surface area contributed by atoms with Gasteiger partial charge >= 0.3 is 0 Å². The highest BCUT2D eigenvalue weighted by Gasteiger charge is 2.36. The molecule has 0 heterocycles. The first-order chi connectivity index (χ1) is 7.15. The van der Waals surface area contributed by atoms with Gasteiger partial charge in [0, 0.05) is 0 Å². The van der Waals surface area contributed by atoms with E-state index < -0.39 is 11.8 Å². The van der Waals surface area contributed by atoms with Crippen molar-refractivity contribution in [2.24, 2.45) is 0 Å². The largest absolute Gasteiger partial charge is 0.371 e. The summed E-state index contributed by atoms with van der Waals surface area (Å²) in [7, 11) is 0. The molecule has 1 nitrogen and oxygen atoms in total. The van der Waals surface area contributed by atoms with Crippen LogP contribution in [0.5, 0.6) is 0 Å². The Morgan fingerprint density at radius 2 is 2.07 bits per heavy atom. The van der Waals surface area contributed by atoms with E-state index in [1.807, 2.05) is 6.92 Å². The Bertz CT molecular complexity index is 341. The molecule has 1 aromatic rings. The lowest BCUT2D eigenvalue weighted by atomic mass is 9.88. The molecule has 2 atom stereocenters. The third-order valence-corrected chi connectivity index (χ3v) is 2.43. The van der Waals surface area contributed by atoms with Crippen LogP contribution in [-0.2, 0) is 5.60 Å². The second-order valence-electron chi connectivity index (χ2n) is 3.53. The van der Waals surface area contributed by atoms with Crippen molar-refractivity contribution in [1.29, 1.82) is 0 Å². The van der Waals surface area contributed by atoms with Crippen molar-refractivity contribution in [3.05, 3.63) is 35.9 Å². The molecule has 2 unspecified atom stereocenters. The van der Waals surface area contributed by atoms with E-state index in [2.05, 4.69) is 5.92 Å². The van der Waals surface area contributed by atoms with Gasteiger partial charge < -0.3 is 5.11 Å². The van der Waals surface area contributed by atoms with Gasteiger partial charge in [0.2, 0.25) is 0 Å². The van der Waals surface area contributed by atoms with Gasteiger partial charge in [-0.25, -0.2) is 4.39 Å². The highest BCUT2D eigenvalue weighted by molar-refractivity contribution is 5.32. The maximum Gasteiger partial charge on any atom is 0.182 e. The molecule has 0 bridgehead atoms. The third-order valence-electron chi connectivity index (χ3n) is 2.43. The van der Waals surface area contributed by atoms with Crippen molar-refractivity contribution in [2.75, 3.05) is 0 Å². The molecular weight excluding hydrogens is 191 g/mol. The molecule has 1 rings (SSSR count). The summed E-state index contributed by atoms with van der Waals surface area (Å²) in [6, 6.07) is 8.55. The van der Waals surface area contributed by atoms with Gasteiger partial charge in [0.05, 0.1) is 0 Å². The number of halogens is 1. The number of rotatable bonds is 4. The van der Waals surface area contributed by atoms with Gasteiger partial charge in [-0.2, -0.15) is 0 Å². The van der Waals surface area contributed by atoms with E-state index in [1.165, 1.54) is 0 Å². The second-order valence-corrected chi connectivity index (χ2v) is 3.53. The molecule has 0 saturated carbocycles. The Balaban J connectivity index is 3.01. The van der Waals surface area contributed by atoms with Crippen LogP contribution in [0.15, 0.2) is 30.3 Å². The molecule has 0 amide bonds. The summed E-state index contributed by atoms with van der Waals surface area (Å²) in [5, 5.41) is 10.1. The Morgan fingerprint density at radius 3 is 2.53 bits per heavy atom. The number of benzene rings is 1. The third kappa shape index (κ3) is 2.37. The molecule has 0 aliphatic heterocycles. The van der Waals surface area contributed by atoms with Gasteiger partial charge in [0.25, 0.3) is 0 Å². The fourth-order valence-electron chi connectivity index (χ4n) is 1.51. The Hall–Kier alpha value is -1.33. The smallest absolute Gasteiger partial charge is 0.182 e. The molecule has 0 radical (unpaired) electrons. The van der Waals surface area contributed by atoms with Crippen LogP contribution in [0.4, 0.5) is 4.39 Å². The number of aliphatic hydroxyl groups is 1. The molecule has 1 aromatic carbocycles. The van der Waals surface area contributed by atoms with E-state index in [0.717, 1.165) is 0 Å². The first kappa shape index (κ1) is 11.7. The highest BCUT2D eigenvalue weighted by atomic mass is 19.1. The van der Waals surface area contributed by atoms with Crippen molar-refractivity contribution >= 4 is 0 Å². The quantitative estimate of drug-likeness (QED) is 0.751. The summed E-state index contributed by atoms with van der Waals surface area (Å²) < 4.78 is 13.7. The molecule has 1 N–H and O–H groups in total. The normalized spacial score (nSPS) is 16.4. The van der Waals surface area contributed by atoms with E-state index >= 15 is 0 Å². The molecule has 0 aliphatic rings. The number of hydrogen-bond donors (Lipinski definition) is 1. The van der Waals surface area contributed by atoms with E-state index in [4.69, 9.17) is 6.42 Å². The number of hydrogen-bond acceptors (Lipinski definition) is 1. The second kappa shape index (κ2) is 4.95. The van der Waals surface area contributed by atoms with Crippen molar-refractivity contribution in [2.45, 2.75) is 31.5 Å². The zero-order valence-corrected chi connectivity index (χ0v) is 8.78. The Morgan fingerprint density at radius 1 is 1.47 bits per heavy atom. The summed E-state index contributed by atoms with van der Waals surface area (Å²) in [6.07, 6.45) is 4.72. The molecule has 80 valence electrons. The van der Waals surface area contributed by atoms with Crippen molar-refractivity contribution in [3.63, 3.8) is 0 Å². The molecular formula is C13H15FO. The zero-order chi connectivity index (χ0) is 11.3. The summed E-state index contributed by atoms with van der Waals surface area (Å²) >= 11 is 0. The lowest BCUT2D eigenvalue weighted by molar-refractivity contribution is 0.00748. The minimum Gasteiger partial charge on any atom is -0.371 e. The van der Waals surface area contributed by atoms with E-state index in [9.17, 15) is 9.50 Å². The summed E-state index contributed by atoms with van der Waals surface area (Å²) in [4.78, 5) is 0. The Labute approximate surface area is 89.9 Å². The zero-order valence-electron chi connectivity index (χ0n) is 8.78. The first-order valence-corrected chi connectivity index (χ1v) is 5.05. The molecule has 0 aromatic heterocycles. The van der Waals surface area contributed by atoms with Gasteiger partial charge in [-0.05, 0) is 12.0 Å². The van der Waals surface area contributed by atoms with Gasteiger partial charge in [-0.3, -0.25) is 0 Å². The van der Waals surface area contributed by atoms with E-state index in [0.29, 0.717) is 12.0 Å². The van der Waals surface area contributed by atoms with Crippen LogP contribution in [0.1, 0.15) is 25.3 Å². The summed E-state index contributed by atoms with van der Waals surface area (Å²) in [6.45, 7) is 1.86. The first-order valence-electron chi connectivity index (χ1n) is 5.05. The standard InChI is InChI=1S/C13H15FO/c1-3-8-12(14)13(15,4-2)11-9-6-5-7-10-11/h2,5-7,9-10,12,15H,3,8H2,1H3. The van der Waals surface area contributed by atoms with Gasteiger partial charge in [0.1, 0.15) is 6.17 Å².